The molecule has 2 aromatic rings. The lowest BCUT2D eigenvalue weighted by Crippen LogP contribution is -2.24. The van der Waals surface area contributed by atoms with Crippen LogP contribution in [0.2, 0.25) is 0 Å². The SMILES string of the molecule is CN(C)c1ncccc1CNC(=O)c1cnc(C(C)(C)C)s1. The van der Waals surface area contributed by atoms with Crippen molar-refractivity contribution in [2.75, 3.05) is 19.0 Å². The second-order valence-corrected chi connectivity index (χ2v) is 7.37. The Bertz CT molecular complexity index is 658. The summed E-state index contributed by atoms with van der Waals surface area (Å²) in [5.41, 5.74) is 0.950. The molecule has 2 aromatic heterocycles. The maximum absolute atomic E-state index is 12.3. The molecule has 0 aliphatic rings. The molecule has 2 heterocycles. The van der Waals surface area contributed by atoms with Crippen molar-refractivity contribution in [2.24, 2.45) is 0 Å². The molecule has 0 spiro atoms. The van der Waals surface area contributed by atoms with Crippen LogP contribution in [0.5, 0.6) is 0 Å². The van der Waals surface area contributed by atoms with E-state index >= 15 is 0 Å². The standard InChI is InChI=1S/C16H22N4OS/c1-16(2,3)15-19-10-12(22-15)14(21)18-9-11-7-6-8-17-13(11)20(4)5/h6-8,10H,9H2,1-5H3,(H,18,21). The average Bonchev–Trinajstić information content (AvgIpc) is 2.95. The van der Waals surface area contributed by atoms with Gasteiger partial charge in [-0.3, -0.25) is 4.79 Å². The second-order valence-electron chi connectivity index (χ2n) is 6.34. The van der Waals surface area contributed by atoms with E-state index in [1.807, 2.05) is 31.1 Å². The molecule has 0 atom stereocenters. The fourth-order valence-corrected chi connectivity index (χ4v) is 2.85. The van der Waals surface area contributed by atoms with Crippen LogP contribution in [0, 0.1) is 0 Å². The van der Waals surface area contributed by atoms with Crippen LogP contribution < -0.4 is 10.2 Å². The Labute approximate surface area is 135 Å². The van der Waals surface area contributed by atoms with Crippen LogP contribution in [0.4, 0.5) is 5.82 Å². The molecule has 0 saturated carbocycles. The maximum atomic E-state index is 12.3. The Hall–Kier alpha value is -1.95. The summed E-state index contributed by atoms with van der Waals surface area (Å²) in [4.78, 5) is 23.5. The number of thiazole rings is 1. The summed E-state index contributed by atoms with van der Waals surface area (Å²) in [6.45, 7) is 6.72. The van der Waals surface area contributed by atoms with Gasteiger partial charge in [-0.05, 0) is 6.07 Å². The van der Waals surface area contributed by atoms with Crippen molar-refractivity contribution in [1.29, 1.82) is 0 Å². The summed E-state index contributed by atoms with van der Waals surface area (Å²) < 4.78 is 0. The third-order valence-electron chi connectivity index (χ3n) is 3.10. The second kappa shape index (κ2) is 6.44. The minimum Gasteiger partial charge on any atom is -0.362 e. The van der Waals surface area contributed by atoms with Crippen LogP contribution in [0.25, 0.3) is 0 Å². The molecule has 0 radical (unpaired) electrons. The first-order valence-corrected chi connectivity index (χ1v) is 7.96. The Morgan fingerprint density at radius 1 is 1.32 bits per heavy atom. The summed E-state index contributed by atoms with van der Waals surface area (Å²) >= 11 is 1.44. The van der Waals surface area contributed by atoms with Gasteiger partial charge >= 0.3 is 0 Å². The molecule has 0 saturated heterocycles. The van der Waals surface area contributed by atoms with Crippen molar-refractivity contribution >= 4 is 23.1 Å². The fourth-order valence-electron chi connectivity index (χ4n) is 1.96. The smallest absolute Gasteiger partial charge is 0.263 e. The lowest BCUT2D eigenvalue weighted by Gasteiger charge is -2.16. The number of nitrogens with one attached hydrogen (secondary N) is 1. The van der Waals surface area contributed by atoms with E-state index < -0.39 is 0 Å². The first-order valence-electron chi connectivity index (χ1n) is 7.15. The number of hydrogen-bond donors (Lipinski definition) is 1. The number of nitrogens with zero attached hydrogens (tertiary/aromatic N) is 3. The molecule has 0 aliphatic heterocycles. The van der Waals surface area contributed by atoms with Gasteiger partial charge in [-0.2, -0.15) is 0 Å². The molecular formula is C16H22N4OS. The molecule has 0 fully saturated rings. The van der Waals surface area contributed by atoms with Crippen LogP contribution >= 0.6 is 11.3 Å². The van der Waals surface area contributed by atoms with Gasteiger partial charge in [0.05, 0.1) is 11.2 Å². The number of carbonyl (C=O) groups is 1. The quantitative estimate of drug-likeness (QED) is 0.942. The van der Waals surface area contributed by atoms with E-state index in [4.69, 9.17) is 0 Å². The molecular weight excluding hydrogens is 296 g/mol. The maximum Gasteiger partial charge on any atom is 0.263 e. The van der Waals surface area contributed by atoms with E-state index in [0.717, 1.165) is 16.4 Å². The topological polar surface area (TPSA) is 58.1 Å². The molecule has 6 heteroatoms. The van der Waals surface area contributed by atoms with E-state index in [2.05, 4.69) is 36.1 Å². The first kappa shape index (κ1) is 16.4. The van der Waals surface area contributed by atoms with Crippen LogP contribution in [-0.4, -0.2) is 30.0 Å². The number of rotatable bonds is 4. The minimum atomic E-state index is -0.0958. The molecule has 0 unspecified atom stereocenters. The van der Waals surface area contributed by atoms with Gasteiger partial charge in [-0.25, -0.2) is 9.97 Å². The number of hydrogen-bond acceptors (Lipinski definition) is 5. The molecule has 2 rings (SSSR count). The highest BCUT2D eigenvalue weighted by Crippen LogP contribution is 2.26. The molecule has 0 aromatic carbocycles. The Morgan fingerprint density at radius 2 is 2.05 bits per heavy atom. The third-order valence-corrected chi connectivity index (χ3v) is 4.52. The molecule has 0 bridgehead atoms. The zero-order valence-corrected chi connectivity index (χ0v) is 14.5. The lowest BCUT2D eigenvalue weighted by atomic mass is 9.98. The molecule has 1 amide bonds. The summed E-state index contributed by atoms with van der Waals surface area (Å²) in [7, 11) is 3.87. The van der Waals surface area contributed by atoms with Crippen LogP contribution in [0.3, 0.4) is 0 Å². The highest BCUT2D eigenvalue weighted by molar-refractivity contribution is 7.13. The van der Waals surface area contributed by atoms with Crippen LogP contribution in [-0.2, 0) is 12.0 Å². The van der Waals surface area contributed by atoms with E-state index in [1.165, 1.54) is 11.3 Å². The number of aromatic nitrogens is 2. The zero-order chi connectivity index (χ0) is 16.3. The first-order chi connectivity index (χ1) is 10.3. The van der Waals surface area contributed by atoms with Gasteiger partial charge in [0.2, 0.25) is 0 Å². The summed E-state index contributed by atoms with van der Waals surface area (Å²) in [6, 6.07) is 3.84. The fraction of sp³-hybridized carbons (Fsp3) is 0.438. The largest absolute Gasteiger partial charge is 0.362 e. The van der Waals surface area contributed by atoms with E-state index in [-0.39, 0.29) is 11.3 Å². The summed E-state index contributed by atoms with van der Waals surface area (Å²) in [6.07, 6.45) is 3.40. The predicted octanol–water partition coefficient (Wildman–Crippen LogP) is 2.83. The summed E-state index contributed by atoms with van der Waals surface area (Å²) in [5, 5.41) is 3.91. The Kier molecular flexibility index (Phi) is 4.81. The monoisotopic (exact) mass is 318 g/mol. The number of carbonyl (C=O) groups excluding carboxylic acids is 1. The van der Waals surface area contributed by atoms with Gasteiger partial charge < -0.3 is 10.2 Å². The molecule has 5 nitrogen and oxygen atoms in total. The number of pyridine rings is 1. The highest BCUT2D eigenvalue weighted by Gasteiger charge is 2.20. The number of amides is 1. The van der Waals surface area contributed by atoms with Gasteiger partial charge in [0.15, 0.2) is 0 Å². The van der Waals surface area contributed by atoms with Gasteiger partial charge in [0.25, 0.3) is 5.91 Å². The highest BCUT2D eigenvalue weighted by atomic mass is 32.1. The zero-order valence-electron chi connectivity index (χ0n) is 13.7. The lowest BCUT2D eigenvalue weighted by molar-refractivity contribution is 0.0955. The van der Waals surface area contributed by atoms with Gasteiger partial charge in [0, 0.05) is 37.8 Å². The Morgan fingerprint density at radius 3 is 2.64 bits per heavy atom. The van der Waals surface area contributed by atoms with Crippen LogP contribution in [0.1, 0.15) is 41.0 Å². The van der Waals surface area contributed by atoms with Crippen molar-refractivity contribution in [3.05, 3.63) is 40.0 Å². The normalized spacial score (nSPS) is 11.3. The Balaban J connectivity index is 2.06. The van der Waals surface area contributed by atoms with E-state index in [9.17, 15) is 4.79 Å². The third kappa shape index (κ3) is 3.82. The van der Waals surface area contributed by atoms with Crippen molar-refractivity contribution in [2.45, 2.75) is 32.7 Å². The van der Waals surface area contributed by atoms with Gasteiger partial charge in [-0.15, -0.1) is 11.3 Å². The number of anilines is 1. The van der Waals surface area contributed by atoms with Crippen molar-refractivity contribution in [3.63, 3.8) is 0 Å². The molecule has 0 aliphatic carbocycles. The van der Waals surface area contributed by atoms with Crippen molar-refractivity contribution in [3.8, 4) is 0 Å². The molecule has 1 N–H and O–H groups in total. The molecule has 118 valence electrons. The predicted molar refractivity (Wildman–Crippen MR) is 90.5 cm³/mol. The van der Waals surface area contributed by atoms with E-state index in [0.29, 0.717) is 11.4 Å². The minimum absolute atomic E-state index is 0.0371. The summed E-state index contributed by atoms with van der Waals surface area (Å²) in [5.74, 6) is 0.768. The van der Waals surface area contributed by atoms with Crippen LogP contribution in [0.15, 0.2) is 24.5 Å². The average molecular weight is 318 g/mol. The molecule has 22 heavy (non-hydrogen) atoms. The van der Waals surface area contributed by atoms with Crippen molar-refractivity contribution in [1.82, 2.24) is 15.3 Å². The van der Waals surface area contributed by atoms with E-state index in [1.54, 1.807) is 12.4 Å². The van der Waals surface area contributed by atoms with Gasteiger partial charge in [-0.1, -0.05) is 26.8 Å². The van der Waals surface area contributed by atoms with Crippen molar-refractivity contribution < 1.29 is 4.79 Å². The van der Waals surface area contributed by atoms with Gasteiger partial charge in [0.1, 0.15) is 10.7 Å².